The summed E-state index contributed by atoms with van der Waals surface area (Å²) in [5, 5.41) is 3.22. The van der Waals surface area contributed by atoms with Crippen molar-refractivity contribution in [1.29, 1.82) is 0 Å². The second kappa shape index (κ2) is 5.35. The number of nitrogens with one attached hydrogen (secondary N) is 2. The molecule has 0 fully saturated rings. The van der Waals surface area contributed by atoms with Crippen LogP contribution in [0.1, 0.15) is 18.1 Å². The molecule has 0 unspecified atom stereocenters. The molecule has 2 aromatic rings. The summed E-state index contributed by atoms with van der Waals surface area (Å²) < 4.78 is 0.412. The molecule has 2 N–H and O–H groups in total. The predicted octanol–water partition coefficient (Wildman–Crippen LogP) is 3.15. The van der Waals surface area contributed by atoms with Crippen LogP contribution in [-0.4, -0.2) is 9.97 Å². The van der Waals surface area contributed by atoms with Crippen LogP contribution in [-0.2, 0) is 6.42 Å². The average Bonchev–Trinajstić information content (AvgIpc) is 2.37. The summed E-state index contributed by atoms with van der Waals surface area (Å²) in [6.45, 7) is 4.13. The molecule has 5 heteroatoms. The highest BCUT2D eigenvalue weighted by Gasteiger charge is 2.09. The van der Waals surface area contributed by atoms with Gasteiger partial charge in [-0.2, -0.15) is 0 Å². The smallest absolute Gasteiger partial charge is 0.267 e. The molecule has 0 spiro atoms. The monoisotopic (exact) mass is 307 g/mol. The number of rotatable bonds is 3. The summed E-state index contributed by atoms with van der Waals surface area (Å²) >= 11 is 3.24. The summed E-state index contributed by atoms with van der Waals surface area (Å²) in [6, 6.07) is 6.12. The van der Waals surface area contributed by atoms with Crippen LogP contribution in [0.4, 0.5) is 11.5 Å². The fourth-order valence-electron chi connectivity index (χ4n) is 1.79. The van der Waals surface area contributed by atoms with Crippen molar-refractivity contribution >= 4 is 27.4 Å². The van der Waals surface area contributed by atoms with E-state index in [4.69, 9.17) is 0 Å². The van der Waals surface area contributed by atoms with Gasteiger partial charge in [-0.3, -0.25) is 4.79 Å². The number of para-hydroxylation sites is 1. The molecule has 0 aliphatic rings. The molecular formula is C13H14BrN3O. The molecule has 0 atom stereocenters. The Morgan fingerprint density at radius 3 is 2.94 bits per heavy atom. The van der Waals surface area contributed by atoms with Crippen molar-refractivity contribution in [2.45, 2.75) is 20.3 Å². The lowest BCUT2D eigenvalue weighted by molar-refractivity contribution is 1.09. The SMILES string of the molecule is CCc1cccc(C)c1Nc1nc[nH]c(=O)c1Br. The molecule has 0 amide bonds. The molecule has 2 rings (SSSR count). The van der Waals surface area contributed by atoms with E-state index in [0.717, 1.165) is 17.7 Å². The minimum absolute atomic E-state index is 0.195. The zero-order valence-electron chi connectivity index (χ0n) is 10.2. The fraction of sp³-hybridized carbons (Fsp3) is 0.231. The molecule has 0 aliphatic carbocycles. The summed E-state index contributed by atoms with van der Waals surface area (Å²) in [4.78, 5) is 18.1. The first kappa shape index (κ1) is 12.8. The zero-order chi connectivity index (χ0) is 13.1. The van der Waals surface area contributed by atoms with Crippen LogP contribution < -0.4 is 10.9 Å². The van der Waals surface area contributed by atoms with Crippen molar-refractivity contribution in [2.75, 3.05) is 5.32 Å². The summed E-state index contributed by atoms with van der Waals surface area (Å²) in [5.41, 5.74) is 3.14. The maximum absolute atomic E-state index is 11.5. The van der Waals surface area contributed by atoms with Gasteiger partial charge in [0.05, 0.1) is 6.33 Å². The molecule has 0 saturated heterocycles. The molecule has 1 aromatic heterocycles. The van der Waals surface area contributed by atoms with Crippen molar-refractivity contribution in [3.8, 4) is 0 Å². The average molecular weight is 308 g/mol. The molecule has 1 heterocycles. The van der Waals surface area contributed by atoms with Gasteiger partial charge in [0.2, 0.25) is 0 Å². The number of aryl methyl sites for hydroxylation is 2. The van der Waals surface area contributed by atoms with Gasteiger partial charge in [-0.05, 0) is 40.4 Å². The van der Waals surface area contributed by atoms with Crippen molar-refractivity contribution in [3.63, 3.8) is 0 Å². The third kappa shape index (κ3) is 2.46. The molecule has 0 bridgehead atoms. The lowest BCUT2D eigenvalue weighted by Gasteiger charge is -2.13. The van der Waals surface area contributed by atoms with Crippen molar-refractivity contribution in [1.82, 2.24) is 9.97 Å². The molecule has 0 saturated carbocycles. The third-order valence-electron chi connectivity index (χ3n) is 2.78. The maximum atomic E-state index is 11.5. The third-order valence-corrected chi connectivity index (χ3v) is 3.52. The van der Waals surface area contributed by atoms with E-state index in [0.29, 0.717) is 10.3 Å². The van der Waals surface area contributed by atoms with Gasteiger partial charge in [-0.25, -0.2) is 4.98 Å². The number of aromatic nitrogens is 2. The van der Waals surface area contributed by atoms with Gasteiger partial charge in [0.1, 0.15) is 4.47 Å². The van der Waals surface area contributed by atoms with Gasteiger partial charge in [0.25, 0.3) is 5.56 Å². The molecule has 4 nitrogen and oxygen atoms in total. The molecule has 18 heavy (non-hydrogen) atoms. The Morgan fingerprint density at radius 2 is 2.22 bits per heavy atom. The van der Waals surface area contributed by atoms with E-state index in [9.17, 15) is 4.79 Å². The lowest BCUT2D eigenvalue weighted by Crippen LogP contribution is -2.11. The highest BCUT2D eigenvalue weighted by molar-refractivity contribution is 9.10. The Labute approximate surface area is 114 Å². The van der Waals surface area contributed by atoms with Crippen LogP contribution >= 0.6 is 15.9 Å². The Morgan fingerprint density at radius 1 is 1.44 bits per heavy atom. The molecule has 94 valence electrons. The van der Waals surface area contributed by atoms with E-state index < -0.39 is 0 Å². The van der Waals surface area contributed by atoms with Gasteiger partial charge < -0.3 is 10.3 Å². The topological polar surface area (TPSA) is 57.8 Å². The van der Waals surface area contributed by atoms with E-state index in [1.54, 1.807) is 0 Å². The van der Waals surface area contributed by atoms with Crippen molar-refractivity contribution < 1.29 is 0 Å². The van der Waals surface area contributed by atoms with Crippen LogP contribution in [0.15, 0.2) is 33.8 Å². The largest absolute Gasteiger partial charge is 0.339 e. The highest BCUT2D eigenvalue weighted by atomic mass is 79.9. The Hall–Kier alpha value is -1.62. The van der Waals surface area contributed by atoms with E-state index in [2.05, 4.69) is 44.2 Å². The number of hydrogen-bond acceptors (Lipinski definition) is 3. The summed E-state index contributed by atoms with van der Waals surface area (Å²) in [6.07, 6.45) is 2.31. The van der Waals surface area contributed by atoms with Gasteiger partial charge >= 0.3 is 0 Å². The Bertz CT molecular complexity index is 622. The second-order valence-corrected chi connectivity index (χ2v) is 4.77. The quantitative estimate of drug-likeness (QED) is 0.916. The van der Waals surface area contributed by atoms with Crippen molar-refractivity contribution in [3.05, 3.63) is 50.5 Å². The zero-order valence-corrected chi connectivity index (χ0v) is 11.8. The number of benzene rings is 1. The van der Waals surface area contributed by atoms with E-state index in [1.165, 1.54) is 11.9 Å². The number of hydrogen-bond donors (Lipinski definition) is 2. The number of anilines is 2. The van der Waals surface area contributed by atoms with E-state index >= 15 is 0 Å². The predicted molar refractivity (Wildman–Crippen MR) is 76.4 cm³/mol. The van der Waals surface area contributed by atoms with E-state index in [1.807, 2.05) is 19.1 Å². The summed E-state index contributed by atoms with van der Waals surface area (Å²) in [5.74, 6) is 0.530. The van der Waals surface area contributed by atoms with Crippen LogP contribution in [0.25, 0.3) is 0 Å². The number of aromatic amines is 1. The minimum Gasteiger partial charge on any atom is -0.339 e. The molecule has 1 aromatic carbocycles. The molecular weight excluding hydrogens is 294 g/mol. The molecule has 0 aliphatic heterocycles. The lowest BCUT2D eigenvalue weighted by atomic mass is 10.1. The first-order valence-electron chi connectivity index (χ1n) is 5.72. The Kier molecular flexibility index (Phi) is 3.81. The van der Waals surface area contributed by atoms with E-state index in [-0.39, 0.29) is 5.56 Å². The number of nitrogens with zero attached hydrogens (tertiary/aromatic N) is 1. The van der Waals surface area contributed by atoms with Crippen LogP contribution in [0.3, 0.4) is 0 Å². The standard InChI is InChI=1S/C13H14BrN3O/c1-3-9-6-4-5-8(2)11(9)17-12-10(14)13(18)16-7-15-12/h4-7H,3H2,1-2H3,(H2,15,16,17,18). The van der Waals surface area contributed by atoms with Gasteiger partial charge in [-0.1, -0.05) is 25.1 Å². The second-order valence-electron chi connectivity index (χ2n) is 3.98. The van der Waals surface area contributed by atoms with Crippen LogP contribution in [0.2, 0.25) is 0 Å². The van der Waals surface area contributed by atoms with Gasteiger partial charge in [-0.15, -0.1) is 0 Å². The number of halogens is 1. The summed E-state index contributed by atoms with van der Waals surface area (Å²) in [7, 11) is 0. The first-order valence-corrected chi connectivity index (χ1v) is 6.51. The van der Waals surface area contributed by atoms with Gasteiger partial charge in [0, 0.05) is 5.69 Å². The van der Waals surface area contributed by atoms with Gasteiger partial charge in [0.15, 0.2) is 5.82 Å². The minimum atomic E-state index is -0.195. The van der Waals surface area contributed by atoms with Crippen LogP contribution in [0, 0.1) is 6.92 Å². The normalized spacial score (nSPS) is 10.4. The van der Waals surface area contributed by atoms with Crippen molar-refractivity contribution in [2.24, 2.45) is 0 Å². The molecule has 0 radical (unpaired) electrons. The fourth-order valence-corrected chi connectivity index (χ4v) is 2.11. The first-order chi connectivity index (χ1) is 8.63. The van der Waals surface area contributed by atoms with Crippen LogP contribution in [0.5, 0.6) is 0 Å². The Balaban J connectivity index is 2.46. The number of H-pyrrole nitrogens is 1. The highest BCUT2D eigenvalue weighted by Crippen LogP contribution is 2.26. The maximum Gasteiger partial charge on any atom is 0.267 e.